The zero-order chi connectivity index (χ0) is 13.8. The van der Waals surface area contributed by atoms with Gasteiger partial charge in [0.05, 0.1) is 0 Å². The highest BCUT2D eigenvalue weighted by Crippen LogP contribution is 2.26. The van der Waals surface area contributed by atoms with Crippen molar-refractivity contribution in [2.24, 2.45) is 0 Å². The molecule has 0 unspecified atom stereocenters. The van der Waals surface area contributed by atoms with E-state index in [2.05, 4.69) is 10.3 Å². The van der Waals surface area contributed by atoms with Crippen LogP contribution in [0.25, 0.3) is 0 Å². The van der Waals surface area contributed by atoms with Crippen LogP contribution in [0.1, 0.15) is 6.92 Å². The van der Waals surface area contributed by atoms with E-state index in [0.717, 1.165) is 18.2 Å². The first-order valence-electron chi connectivity index (χ1n) is 5.41. The number of benzene rings is 1. The van der Waals surface area contributed by atoms with Crippen molar-refractivity contribution < 1.29 is 18.3 Å². The van der Waals surface area contributed by atoms with Crippen LogP contribution in [0.15, 0.2) is 36.5 Å². The number of ether oxygens (including phenoxy) is 1. The molecule has 2 rings (SSSR count). The van der Waals surface area contributed by atoms with Gasteiger partial charge in [-0.05, 0) is 18.2 Å². The van der Waals surface area contributed by atoms with Crippen molar-refractivity contribution in [1.29, 1.82) is 0 Å². The molecule has 0 saturated carbocycles. The summed E-state index contributed by atoms with van der Waals surface area (Å²) in [5, 5.41) is 2.46. The summed E-state index contributed by atoms with van der Waals surface area (Å²) >= 11 is 0. The summed E-state index contributed by atoms with van der Waals surface area (Å²) in [4.78, 5) is 14.8. The number of pyridine rings is 1. The van der Waals surface area contributed by atoms with Gasteiger partial charge in [0.1, 0.15) is 17.4 Å². The van der Waals surface area contributed by atoms with Gasteiger partial charge >= 0.3 is 0 Å². The van der Waals surface area contributed by atoms with Crippen molar-refractivity contribution in [2.45, 2.75) is 6.92 Å². The Morgan fingerprint density at radius 1 is 1.26 bits per heavy atom. The van der Waals surface area contributed by atoms with Crippen LogP contribution in [0.4, 0.5) is 14.6 Å². The third-order valence-electron chi connectivity index (χ3n) is 2.16. The molecule has 98 valence electrons. The Morgan fingerprint density at radius 3 is 2.79 bits per heavy atom. The largest absolute Gasteiger partial charge is 0.454 e. The molecule has 0 fully saturated rings. The average molecular weight is 264 g/mol. The molecule has 1 heterocycles. The summed E-state index contributed by atoms with van der Waals surface area (Å²) in [5.74, 6) is -1.31. The van der Waals surface area contributed by atoms with Gasteiger partial charge in [-0.1, -0.05) is 0 Å². The maximum Gasteiger partial charge on any atom is 0.222 e. The fraction of sp³-hybridized carbons (Fsp3) is 0.0769. The number of hydrogen-bond donors (Lipinski definition) is 1. The Hall–Kier alpha value is -2.50. The van der Waals surface area contributed by atoms with Crippen molar-refractivity contribution in [1.82, 2.24) is 4.98 Å². The molecule has 2 aromatic rings. The summed E-state index contributed by atoms with van der Waals surface area (Å²) in [7, 11) is 0. The van der Waals surface area contributed by atoms with E-state index in [1.165, 1.54) is 25.3 Å². The second-order valence-corrected chi connectivity index (χ2v) is 3.73. The minimum atomic E-state index is -0.681. The Bertz CT molecular complexity index is 617. The number of halogens is 2. The number of rotatable bonds is 3. The summed E-state index contributed by atoms with van der Waals surface area (Å²) in [5.41, 5.74) is 0. The van der Waals surface area contributed by atoms with Gasteiger partial charge in [-0.25, -0.2) is 13.8 Å². The van der Waals surface area contributed by atoms with E-state index in [1.54, 1.807) is 0 Å². The van der Waals surface area contributed by atoms with E-state index in [0.29, 0.717) is 0 Å². The molecule has 1 aromatic heterocycles. The summed E-state index contributed by atoms with van der Waals surface area (Å²) < 4.78 is 31.6. The van der Waals surface area contributed by atoms with Crippen LogP contribution in [-0.2, 0) is 4.79 Å². The van der Waals surface area contributed by atoms with Gasteiger partial charge in [0.15, 0.2) is 11.6 Å². The van der Waals surface area contributed by atoms with Crippen LogP contribution in [0, 0.1) is 11.6 Å². The van der Waals surface area contributed by atoms with E-state index in [-0.39, 0.29) is 23.2 Å². The maximum atomic E-state index is 13.4. The molecule has 1 amide bonds. The van der Waals surface area contributed by atoms with Crippen LogP contribution in [0.3, 0.4) is 0 Å². The SMILES string of the molecule is CC(=O)Nc1cc(Oc2cc(F)ccc2F)ccn1. The highest BCUT2D eigenvalue weighted by Gasteiger charge is 2.07. The van der Waals surface area contributed by atoms with Gasteiger partial charge in [-0.15, -0.1) is 0 Å². The second kappa shape index (κ2) is 5.43. The molecule has 0 bridgehead atoms. The monoisotopic (exact) mass is 264 g/mol. The first-order valence-corrected chi connectivity index (χ1v) is 5.41. The Kier molecular flexibility index (Phi) is 3.70. The lowest BCUT2D eigenvalue weighted by Gasteiger charge is -2.08. The van der Waals surface area contributed by atoms with Crippen LogP contribution in [-0.4, -0.2) is 10.9 Å². The zero-order valence-electron chi connectivity index (χ0n) is 9.98. The summed E-state index contributed by atoms with van der Waals surface area (Å²) in [6.45, 7) is 1.33. The Morgan fingerprint density at radius 2 is 2.05 bits per heavy atom. The van der Waals surface area contributed by atoms with E-state index in [1.807, 2.05) is 0 Å². The quantitative estimate of drug-likeness (QED) is 0.926. The number of amides is 1. The number of anilines is 1. The average Bonchev–Trinajstić information content (AvgIpc) is 2.33. The lowest BCUT2D eigenvalue weighted by atomic mass is 10.3. The van der Waals surface area contributed by atoms with E-state index in [9.17, 15) is 13.6 Å². The predicted molar refractivity (Wildman–Crippen MR) is 65.0 cm³/mol. The van der Waals surface area contributed by atoms with Crippen LogP contribution in [0.5, 0.6) is 11.5 Å². The zero-order valence-corrected chi connectivity index (χ0v) is 9.98. The van der Waals surface area contributed by atoms with Crippen molar-refractivity contribution in [3.05, 3.63) is 48.2 Å². The normalized spacial score (nSPS) is 10.1. The number of hydrogen-bond acceptors (Lipinski definition) is 3. The van der Waals surface area contributed by atoms with Crippen molar-refractivity contribution in [2.75, 3.05) is 5.32 Å². The van der Waals surface area contributed by atoms with Gasteiger partial charge in [-0.2, -0.15) is 0 Å². The minimum Gasteiger partial charge on any atom is -0.454 e. The lowest BCUT2D eigenvalue weighted by molar-refractivity contribution is -0.114. The fourth-order valence-electron chi connectivity index (χ4n) is 1.41. The van der Waals surface area contributed by atoms with Crippen LogP contribution in [0.2, 0.25) is 0 Å². The smallest absolute Gasteiger partial charge is 0.222 e. The molecule has 0 saturated heterocycles. The number of nitrogens with one attached hydrogen (secondary N) is 1. The van der Waals surface area contributed by atoms with Gasteiger partial charge in [0.2, 0.25) is 5.91 Å². The van der Waals surface area contributed by atoms with Gasteiger partial charge in [0, 0.05) is 25.3 Å². The molecule has 1 N–H and O–H groups in total. The number of carbonyl (C=O) groups excluding carboxylic acids is 1. The second-order valence-electron chi connectivity index (χ2n) is 3.73. The molecule has 0 atom stereocenters. The molecular weight excluding hydrogens is 254 g/mol. The van der Waals surface area contributed by atoms with Crippen molar-refractivity contribution in [3.63, 3.8) is 0 Å². The summed E-state index contributed by atoms with van der Waals surface area (Å²) in [6.07, 6.45) is 1.39. The van der Waals surface area contributed by atoms with Crippen molar-refractivity contribution >= 4 is 11.7 Å². The molecule has 4 nitrogen and oxygen atoms in total. The molecule has 6 heteroatoms. The van der Waals surface area contributed by atoms with Gasteiger partial charge in [0.25, 0.3) is 0 Å². The highest BCUT2D eigenvalue weighted by molar-refractivity contribution is 5.87. The van der Waals surface area contributed by atoms with E-state index in [4.69, 9.17) is 4.74 Å². The fourth-order valence-corrected chi connectivity index (χ4v) is 1.41. The molecular formula is C13H10F2N2O2. The number of carbonyl (C=O) groups is 1. The molecule has 1 aromatic carbocycles. The Labute approximate surface area is 108 Å². The van der Waals surface area contributed by atoms with E-state index >= 15 is 0 Å². The maximum absolute atomic E-state index is 13.4. The van der Waals surface area contributed by atoms with Gasteiger partial charge < -0.3 is 10.1 Å². The first kappa shape index (κ1) is 12.9. The topological polar surface area (TPSA) is 51.2 Å². The molecule has 0 radical (unpaired) electrons. The highest BCUT2D eigenvalue weighted by atomic mass is 19.1. The molecule has 0 aliphatic rings. The molecule has 0 aliphatic heterocycles. The van der Waals surface area contributed by atoms with Crippen LogP contribution >= 0.6 is 0 Å². The molecule has 19 heavy (non-hydrogen) atoms. The molecule has 0 aliphatic carbocycles. The molecule has 0 spiro atoms. The third kappa shape index (κ3) is 3.48. The third-order valence-corrected chi connectivity index (χ3v) is 2.16. The van der Waals surface area contributed by atoms with E-state index < -0.39 is 11.6 Å². The van der Waals surface area contributed by atoms with Crippen LogP contribution < -0.4 is 10.1 Å². The lowest BCUT2D eigenvalue weighted by Crippen LogP contribution is -2.07. The number of aromatic nitrogens is 1. The standard InChI is InChI=1S/C13H10F2N2O2/c1-8(18)17-13-7-10(4-5-16-13)19-12-6-9(14)2-3-11(12)15/h2-7H,1H3,(H,16,17,18). The van der Waals surface area contributed by atoms with Crippen molar-refractivity contribution in [3.8, 4) is 11.5 Å². The number of nitrogens with zero attached hydrogens (tertiary/aromatic N) is 1. The van der Waals surface area contributed by atoms with Gasteiger partial charge in [-0.3, -0.25) is 4.79 Å². The summed E-state index contributed by atoms with van der Waals surface area (Å²) in [6, 6.07) is 5.79. The first-order chi connectivity index (χ1) is 9.04. The Balaban J connectivity index is 2.23. The minimum absolute atomic E-state index is 0.236. The predicted octanol–water partition coefficient (Wildman–Crippen LogP) is 3.11.